The van der Waals surface area contributed by atoms with E-state index >= 15 is 0 Å². The van der Waals surface area contributed by atoms with Crippen LogP contribution in [0.2, 0.25) is 0 Å². The van der Waals surface area contributed by atoms with Gasteiger partial charge in [0.15, 0.2) is 0 Å². The molecule has 0 fully saturated rings. The summed E-state index contributed by atoms with van der Waals surface area (Å²) >= 11 is 0. The van der Waals surface area contributed by atoms with E-state index in [-0.39, 0.29) is 24.7 Å². The number of benzene rings is 2. The number of hydrogen-bond donors (Lipinski definition) is 4. The van der Waals surface area contributed by atoms with Crippen molar-refractivity contribution < 1.29 is 42.9 Å². The van der Waals surface area contributed by atoms with Gasteiger partial charge in [0, 0.05) is 37.3 Å². The summed E-state index contributed by atoms with van der Waals surface area (Å²) in [6.07, 6.45) is 1.51. The first-order valence-electron chi connectivity index (χ1n) is 24.6. The minimum absolute atomic E-state index is 0.112. The van der Waals surface area contributed by atoms with Crippen molar-refractivity contribution in [2.24, 2.45) is 0 Å². The molecule has 4 amide bonds. The summed E-state index contributed by atoms with van der Waals surface area (Å²) in [5, 5.41) is 12.4. The quantitative estimate of drug-likeness (QED) is 0.0899. The number of nitrogens with one attached hydrogen (secondary N) is 4. The molecule has 0 saturated heterocycles. The van der Waals surface area contributed by atoms with Crippen molar-refractivity contribution in [3.63, 3.8) is 0 Å². The molecule has 0 spiro atoms. The highest BCUT2D eigenvalue weighted by atomic mass is 16.6. The number of alkyl carbamates (subject to hydrolysis) is 2. The lowest BCUT2D eigenvalue weighted by Crippen LogP contribution is -2.62. The number of nitrogens with zero attached hydrogens (tertiary/aromatic N) is 2. The number of likely N-dealkylation sites (N-methyl/N-ethyl adjacent to an activating group) is 2. The lowest BCUT2D eigenvalue weighted by molar-refractivity contribution is -0.187. The van der Waals surface area contributed by atoms with Gasteiger partial charge in [-0.3, -0.25) is 9.59 Å². The van der Waals surface area contributed by atoms with Gasteiger partial charge in [0.2, 0.25) is 11.8 Å². The van der Waals surface area contributed by atoms with Crippen LogP contribution in [0.4, 0.5) is 9.59 Å². The molecule has 4 atom stereocenters. The van der Waals surface area contributed by atoms with E-state index in [0.29, 0.717) is 35.7 Å². The Morgan fingerprint density at radius 1 is 0.597 bits per heavy atom. The van der Waals surface area contributed by atoms with Gasteiger partial charge in [0.05, 0.1) is 24.9 Å². The predicted molar refractivity (Wildman–Crippen MR) is 263 cm³/mol. The minimum Gasteiger partial charge on any atom is -0.485 e. The average Bonchev–Trinajstić information content (AvgIpc) is 3.21. The van der Waals surface area contributed by atoms with Crippen LogP contribution in [0, 0.1) is 0 Å². The summed E-state index contributed by atoms with van der Waals surface area (Å²) in [6.45, 7) is 33.3. The second kappa shape index (κ2) is 24.1. The van der Waals surface area contributed by atoms with Gasteiger partial charge in [-0.2, -0.15) is 0 Å². The number of ether oxygens (including phenoxy) is 5. The van der Waals surface area contributed by atoms with Gasteiger partial charge in [-0.1, -0.05) is 52.7 Å². The molecule has 2 aliphatic rings. The second-order valence-corrected chi connectivity index (χ2v) is 21.0. The van der Waals surface area contributed by atoms with Gasteiger partial charge in [0.1, 0.15) is 46.1 Å². The van der Waals surface area contributed by atoms with Crippen molar-refractivity contribution in [3.05, 3.63) is 58.7 Å². The Bertz CT molecular complexity index is 1820. The van der Waals surface area contributed by atoms with Gasteiger partial charge in [-0.25, -0.2) is 9.59 Å². The molecule has 2 aromatic rings. The van der Waals surface area contributed by atoms with Crippen LogP contribution in [-0.4, -0.2) is 121 Å². The summed E-state index contributed by atoms with van der Waals surface area (Å²) in [6, 6.07) is 9.41. The van der Waals surface area contributed by atoms with Crippen LogP contribution in [0.15, 0.2) is 36.4 Å². The molecule has 0 radical (unpaired) electrons. The van der Waals surface area contributed by atoms with Crippen molar-refractivity contribution in [1.29, 1.82) is 0 Å². The van der Waals surface area contributed by atoms with Gasteiger partial charge in [-0.15, -0.1) is 0 Å². The van der Waals surface area contributed by atoms with E-state index in [0.717, 1.165) is 76.1 Å². The van der Waals surface area contributed by atoms with Crippen LogP contribution in [0.5, 0.6) is 11.5 Å². The lowest BCUT2D eigenvalue weighted by atomic mass is 9.82. The minimum atomic E-state index is -1.08. The molecule has 67 heavy (non-hydrogen) atoms. The zero-order valence-electron chi connectivity index (χ0n) is 43.2. The highest BCUT2D eigenvalue weighted by Gasteiger charge is 2.53. The van der Waals surface area contributed by atoms with E-state index in [1.165, 1.54) is 0 Å². The van der Waals surface area contributed by atoms with E-state index in [9.17, 15) is 19.2 Å². The van der Waals surface area contributed by atoms with Gasteiger partial charge < -0.3 is 54.8 Å². The molecule has 2 heterocycles. The molecule has 2 aromatic carbocycles. The average molecular weight is 937 g/mol. The van der Waals surface area contributed by atoms with Crippen molar-refractivity contribution in [2.75, 3.05) is 52.4 Å². The maximum atomic E-state index is 13.8. The summed E-state index contributed by atoms with van der Waals surface area (Å²) < 4.78 is 32.3. The zero-order chi connectivity index (χ0) is 49.7. The third-order valence-electron chi connectivity index (χ3n) is 12.0. The summed E-state index contributed by atoms with van der Waals surface area (Å²) in [7, 11) is 0. The SMILES string of the molecule is CCCCN(CC)CCNC(=O)Cc1ccc2c(c1)C(NC(=O)OC(C)(C)C)C(OC1C(NC(=O)OC(C)(C)C)c3cc(CC(=O)NCCN(CC)CCCC)ccc3OC1(C)C)C(C)(C)O2. The molecule has 2 aliphatic heterocycles. The third-order valence-corrected chi connectivity index (χ3v) is 12.0. The molecule has 0 aromatic heterocycles. The summed E-state index contributed by atoms with van der Waals surface area (Å²) in [5.41, 5.74) is -1.12. The topological polar surface area (TPSA) is 169 Å². The number of amides is 4. The Kier molecular flexibility index (Phi) is 19.8. The standard InChI is InChI=1S/C52H84N6O9/c1-15-19-27-57(17-3)29-25-53-41(59)33-35-21-23-39-37(31-35)43(55-47(61)66-49(5,6)7)45(51(11,12)64-39)63-46-44(56-48(62)67-50(8,9)10)38-32-36(22-24-40(38)65-52(46,13)14)34-42(60)54-26-30-58(18-4)28-20-16-2/h21-24,31-32,43-46H,15-20,25-30,33-34H2,1-14H3,(H,53,59)(H,54,60)(H,55,61)(H,56,62). The van der Waals surface area contributed by atoms with Crippen LogP contribution < -0.4 is 30.7 Å². The fourth-order valence-corrected chi connectivity index (χ4v) is 8.54. The normalized spacial score (nSPS) is 19.6. The fourth-order valence-electron chi connectivity index (χ4n) is 8.54. The first-order chi connectivity index (χ1) is 31.4. The molecule has 376 valence electrons. The number of unbranched alkanes of at least 4 members (excludes halogenated alkanes) is 2. The van der Waals surface area contributed by atoms with Crippen molar-refractivity contribution in [2.45, 2.75) is 182 Å². The number of hydrogen-bond acceptors (Lipinski definition) is 11. The van der Waals surface area contributed by atoms with Crippen LogP contribution in [0.25, 0.3) is 0 Å². The Balaban J connectivity index is 1.71. The zero-order valence-corrected chi connectivity index (χ0v) is 43.2. The molecular weight excluding hydrogens is 853 g/mol. The predicted octanol–water partition coefficient (Wildman–Crippen LogP) is 8.18. The van der Waals surface area contributed by atoms with Gasteiger partial charge >= 0.3 is 12.2 Å². The van der Waals surface area contributed by atoms with Crippen molar-refractivity contribution in [1.82, 2.24) is 31.1 Å². The molecule has 15 nitrogen and oxygen atoms in total. The largest absolute Gasteiger partial charge is 0.485 e. The lowest BCUT2D eigenvalue weighted by Gasteiger charge is -2.51. The number of carbonyl (C=O) groups is 4. The van der Waals surface area contributed by atoms with Gasteiger partial charge in [0.25, 0.3) is 0 Å². The van der Waals surface area contributed by atoms with E-state index in [1.54, 1.807) is 41.5 Å². The molecule has 0 aliphatic carbocycles. The molecule has 4 N–H and O–H groups in total. The molecular formula is C52H84N6O9. The van der Waals surface area contributed by atoms with Crippen LogP contribution in [0.3, 0.4) is 0 Å². The highest BCUT2D eigenvalue weighted by Crippen LogP contribution is 2.47. The first-order valence-corrected chi connectivity index (χ1v) is 24.6. The first kappa shape index (κ1) is 55.0. The third kappa shape index (κ3) is 16.8. The maximum Gasteiger partial charge on any atom is 0.408 e. The van der Waals surface area contributed by atoms with Crippen molar-refractivity contribution >= 4 is 24.0 Å². The Labute approximate surface area is 401 Å². The van der Waals surface area contributed by atoms with E-state index in [2.05, 4.69) is 58.8 Å². The summed E-state index contributed by atoms with van der Waals surface area (Å²) in [5.74, 6) is 0.796. The molecule has 4 rings (SSSR count). The second-order valence-electron chi connectivity index (χ2n) is 21.0. The number of rotatable bonds is 22. The van der Waals surface area contributed by atoms with Crippen molar-refractivity contribution in [3.8, 4) is 11.5 Å². The Morgan fingerprint density at radius 3 is 1.30 bits per heavy atom. The molecule has 4 unspecified atom stereocenters. The fraction of sp³-hybridized carbons (Fsp3) is 0.692. The van der Waals surface area contributed by atoms with E-state index < -0.39 is 58.9 Å². The van der Waals surface area contributed by atoms with E-state index in [4.69, 9.17) is 23.7 Å². The van der Waals surface area contributed by atoms with E-state index in [1.807, 2.05) is 64.1 Å². The van der Waals surface area contributed by atoms with Crippen LogP contribution >= 0.6 is 0 Å². The van der Waals surface area contributed by atoms with Crippen LogP contribution in [0.1, 0.15) is 157 Å². The summed E-state index contributed by atoms with van der Waals surface area (Å²) in [4.78, 5) is 58.9. The maximum absolute atomic E-state index is 13.8. The molecule has 0 saturated carbocycles. The Hall–Kier alpha value is -4.60. The number of fused-ring (bicyclic) bond motifs is 2. The Morgan fingerprint density at radius 2 is 0.970 bits per heavy atom. The monoisotopic (exact) mass is 937 g/mol. The molecule has 15 heteroatoms. The highest BCUT2D eigenvalue weighted by molar-refractivity contribution is 5.79. The smallest absolute Gasteiger partial charge is 0.408 e. The molecule has 0 bridgehead atoms. The number of carbonyl (C=O) groups excluding carboxylic acids is 4. The van der Waals surface area contributed by atoms with Gasteiger partial charge in [-0.05, 0) is 144 Å². The van der Waals surface area contributed by atoms with Crippen LogP contribution in [-0.2, 0) is 36.6 Å².